The first kappa shape index (κ1) is 10.6. The van der Waals surface area contributed by atoms with Crippen molar-refractivity contribution in [3.8, 4) is 5.88 Å². The monoisotopic (exact) mass is 273 g/mol. The summed E-state index contributed by atoms with van der Waals surface area (Å²) in [6.07, 6.45) is 2.15. The van der Waals surface area contributed by atoms with Gasteiger partial charge in [0, 0.05) is 13.1 Å². The first-order chi connectivity index (χ1) is 7.20. The molecule has 1 aliphatic heterocycles. The van der Waals surface area contributed by atoms with E-state index in [2.05, 4.69) is 25.9 Å². The molecular weight excluding hydrogens is 262 g/mol. The molecule has 0 amide bonds. The lowest BCUT2D eigenvalue weighted by atomic mass is 10.3. The number of methoxy groups -OCH3 is 1. The van der Waals surface area contributed by atoms with Gasteiger partial charge in [-0.1, -0.05) is 0 Å². The maximum atomic E-state index is 9.40. The summed E-state index contributed by atoms with van der Waals surface area (Å²) >= 11 is 3.29. The molecule has 0 aromatic carbocycles. The molecule has 0 spiro atoms. The third-order valence-corrected chi connectivity index (χ3v) is 2.88. The molecular formula is C9H12BrN3O2. The highest BCUT2D eigenvalue weighted by atomic mass is 79.9. The Hall–Kier alpha value is -0.880. The molecule has 2 heterocycles. The van der Waals surface area contributed by atoms with Crippen molar-refractivity contribution >= 4 is 21.9 Å². The quantitative estimate of drug-likeness (QED) is 0.865. The molecule has 0 bridgehead atoms. The van der Waals surface area contributed by atoms with Crippen LogP contribution in [0.25, 0.3) is 0 Å². The Morgan fingerprint density at radius 1 is 1.67 bits per heavy atom. The zero-order valence-corrected chi connectivity index (χ0v) is 9.94. The van der Waals surface area contributed by atoms with Gasteiger partial charge < -0.3 is 14.7 Å². The van der Waals surface area contributed by atoms with Gasteiger partial charge in [0.25, 0.3) is 0 Å². The van der Waals surface area contributed by atoms with Crippen molar-refractivity contribution in [2.45, 2.75) is 12.5 Å². The van der Waals surface area contributed by atoms with E-state index in [-0.39, 0.29) is 6.10 Å². The fraction of sp³-hybridized carbons (Fsp3) is 0.556. The van der Waals surface area contributed by atoms with Crippen LogP contribution in [0.5, 0.6) is 5.88 Å². The highest BCUT2D eigenvalue weighted by molar-refractivity contribution is 9.10. The second kappa shape index (κ2) is 4.32. The number of β-amino-alcohol motifs (C(OH)–C–C–N with tert-alkyl or cyclic N) is 1. The standard InChI is InChI=1S/C9H12BrN3O2/c1-15-8-7(10)4-11-9(12-8)13-3-2-6(14)5-13/h4,6,14H,2-3,5H2,1H3/t6-/m0/s1. The summed E-state index contributed by atoms with van der Waals surface area (Å²) in [7, 11) is 1.57. The molecule has 1 aromatic rings. The maximum absolute atomic E-state index is 9.40. The van der Waals surface area contributed by atoms with Gasteiger partial charge in [-0.3, -0.25) is 0 Å². The van der Waals surface area contributed by atoms with E-state index in [1.54, 1.807) is 13.3 Å². The Labute approximate surface area is 96.2 Å². The SMILES string of the molecule is COc1nc(N2CC[C@H](O)C2)ncc1Br. The normalized spacial score (nSPS) is 20.7. The van der Waals surface area contributed by atoms with Crippen LogP contribution in [0.3, 0.4) is 0 Å². The zero-order chi connectivity index (χ0) is 10.8. The second-order valence-corrected chi connectivity index (χ2v) is 4.27. The van der Waals surface area contributed by atoms with Crippen LogP contribution >= 0.6 is 15.9 Å². The van der Waals surface area contributed by atoms with Crippen molar-refractivity contribution in [3.63, 3.8) is 0 Å². The molecule has 82 valence electrons. The summed E-state index contributed by atoms with van der Waals surface area (Å²) in [5.74, 6) is 1.12. The summed E-state index contributed by atoms with van der Waals surface area (Å²) in [6.45, 7) is 1.37. The molecule has 1 aliphatic rings. The molecule has 2 rings (SSSR count). The average molecular weight is 274 g/mol. The smallest absolute Gasteiger partial charge is 0.232 e. The summed E-state index contributed by atoms with van der Waals surface area (Å²) in [6, 6.07) is 0. The van der Waals surface area contributed by atoms with Gasteiger partial charge in [0.15, 0.2) is 0 Å². The van der Waals surface area contributed by atoms with Gasteiger partial charge in [-0.05, 0) is 22.4 Å². The lowest BCUT2D eigenvalue weighted by Crippen LogP contribution is -2.23. The number of aromatic nitrogens is 2. The Morgan fingerprint density at radius 2 is 2.47 bits per heavy atom. The number of halogens is 1. The van der Waals surface area contributed by atoms with E-state index in [9.17, 15) is 5.11 Å². The molecule has 0 radical (unpaired) electrons. The molecule has 15 heavy (non-hydrogen) atoms. The van der Waals surface area contributed by atoms with Gasteiger partial charge in [0.1, 0.15) is 0 Å². The Balaban J connectivity index is 2.21. The predicted molar refractivity (Wildman–Crippen MR) is 59.1 cm³/mol. The average Bonchev–Trinajstić information content (AvgIpc) is 2.66. The van der Waals surface area contributed by atoms with Crippen LogP contribution in [0.4, 0.5) is 5.95 Å². The molecule has 1 aromatic heterocycles. The minimum atomic E-state index is -0.275. The number of rotatable bonds is 2. The van der Waals surface area contributed by atoms with E-state index < -0.39 is 0 Å². The lowest BCUT2D eigenvalue weighted by molar-refractivity contribution is 0.198. The Morgan fingerprint density at radius 3 is 3.07 bits per heavy atom. The van der Waals surface area contributed by atoms with Gasteiger partial charge in [0.05, 0.1) is 23.9 Å². The fourth-order valence-electron chi connectivity index (χ4n) is 1.56. The molecule has 1 atom stereocenters. The summed E-state index contributed by atoms with van der Waals surface area (Å²) in [5.41, 5.74) is 0. The summed E-state index contributed by atoms with van der Waals surface area (Å²) < 4.78 is 5.81. The highest BCUT2D eigenvalue weighted by Gasteiger charge is 2.22. The van der Waals surface area contributed by atoms with Crippen molar-refractivity contribution in [2.75, 3.05) is 25.1 Å². The molecule has 0 unspecified atom stereocenters. The molecule has 6 heteroatoms. The lowest BCUT2D eigenvalue weighted by Gasteiger charge is -2.15. The van der Waals surface area contributed by atoms with E-state index in [0.717, 1.165) is 17.4 Å². The van der Waals surface area contributed by atoms with Gasteiger partial charge >= 0.3 is 0 Å². The van der Waals surface area contributed by atoms with Crippen molar-refractivity contribution in [2.24, 2.45) is 0 Å². The largest absolute Gasteiger partial charge is 0.480 e. The molecule has 5 nitrogen and oxygen atoms in total. The van der Waals surface area contributed by atoms with Gasteiger partial charge in [0.2, 0.25) is 11.8 Å². The van der Waals surface area contributed by atoms with Crippen LogP contribution in [0.15, 0.2) is 10.7 Å². The Bertz CT molecular complexity index is 361. The van der Waals surface area contributed by atoms with E-state index >= 15 is 0 Å². The number of anilines is 1. The third-order valence-electron chi connectivity index (χ3n) is 2.34. The second-order valence-electron chi connectivity index (χ2n) is 3.42. The van der Waals surface area contributed by atoms with Crippen LogP contribution in [0, 0.1) is 0 Å². The van der Waals surface area contributed by atoms with Gasteiger partial charge in [-0.25, -0.2) is 4.98 Å². The fourth-order valence-corrected chi connectivity index (χ4v) is 1.91. The van der Waals surface area contributed by atoms with E-state index in [1.807, 2.05) is 4.90 Å². The molecule has 0 saturated carbocycles. The van der Waals surface area contributed by atoms with Gasteiger partial charge in [-0.15, -0.1) is 0 Å². The summed E-state index contributed by atoms with van der Waals surface area (Å²) in [5, 5.41) is 9.40. The number of nitrogens with zero attached hydrogens (tertiary/aromatic N) is 3. The maximum Gasteiger partial charge on any atom is 0.232 e. The van der Waals surface area contributed by atoms with E-state index in [0.29, 0.717) is 18.4 Å². The first-order valence-corrected chi connectivity index (χ1v) is 5.49. The predicted octanol–water partition coefficient (Wildman–Crippen LogP) is 0.819. The topological polar surface area (TPSA) is 58.5 Å². The number of aliphatic hydroxyl groups excluding tert-OH is 1. The van der Waals surface area contributed by atoms with Crippen LogP contribution in [-0.4, -0.2) is 41.4 Å². The van der Waals surface area contributed by atoms with E-state index in [1.165, 1.54) is 0 Å². The van der Waals surface area contributed by atoms with Gasteiger partial charge in [-0.2, -0.15) is 4.98 Å². The summed E-state index contributed by atoms with van der Waals surface area (Å²) in [4.78, 5) is 10.4. The molecule has 1 fully saturated rings. The van der Waals surface area contributed by atoms with Crippen LogP contribution < -0.4 is 9.64 Å². The van der Waals surface area contributed by atoms with Crippen LogP contribution in [-0.2, 0) is 0 Å². The number of hydrogen-bond acceptors (Lipinski definition) is 5. The first-order valence-electron chi connectivity index (χ1n) is 4.70. The van der Waals surface area contributed by atoms with Crippen LogP contribution in [0.2, 0.25) is 0 Å². The molecule has 0 aliphatic carbocycles. The van der Waals surface area contributed by atoms with Crippen molar-refractivity contribution in [3.05, 3.63) is 10.7 Å². The van der Waals surface area contributed by atoms with Crippen molar-refractivity contribution in [1.29, 1.82) is 0 Å². The number of hydrogen-bond donors (Lipinski definition) is 1. The van der Waals surface area contributed by atoms with E-state index in [4.69, 9.17) is 4.74 Å². The molecule has 1 saturated heterocycles. The van der Waals surface area contributed by atoms with Crippen LogP contribution in [0.1, 0.15) is 6.42 Å². The minimum absolute atomic E-state index is 0.275. The molecule has 1 N–H and O–H groups in total. The zero-order valence-electron chi connectivity index (χ0n) is 8.35. The Kier molecular flexibility index (Phi) is 3.06. The number of aliphatic hydroxyl groups is 1. The third kappa shape index (κ3) is 2.21. The highest BCUT2D eigenvalue weighted by Crippen LogP contribution is 2.24. The number of ether oxygens (including phenoxy) is 1. The van der Waals surface area contributed by atoms with Crippen molar-refractivity contribution < 1.29 is 9.84 Å². The minimum Gasteiger partial charge on any atom is -0.480 e. The van der Waals surface area contributed by atoms with Crippen molar-refractivity contribution in [1.82, 2.24) is 9.97 Å².